The molecule has 1 aromatic carbocycles. The number of carbonyl (C=O) groups is 1. The molecule has 0 saturated heterocycles. The molecule has 18 heavy (non-hydrogen) atoms. The van der Waals surface area contributed by atoms with Gasteiger partial charge in [0.15, 0.2) is 0 Å². The van der Waals surface area contributed by atoms with Crippen LogP contribution in [0.1, 0.15) is 18.5 Å². The molecular weight excluding hydrogens is 230 g/mol. The maximum Gasteiger partial charge on any atom is 0.308 e. The molecule has 5 nitrogen and oxygen atoms in total. The molecule has 2 atom stereocenters. The van der Waals surface area contributed by atoms with E-state index in [2.05, 4.69) is 10.3 Å². The Hall–Kier alpha value is -1.88. The van der Waals surface area contributed by atoms with Gasteiger partial charge in [-0.3, -0.25) is 4.79 Å². The molecule has 1 heterocycles. The van der Waals surface area contributed by atoms with Gasteiger partial charge in [-0.2, -0.15) is 0 Å². The summed E-state index contributed by atoms with van der Waals surface area (Å²) in [5.41, 5.74) is 2.86. The molecule has 0 amide bonds. The number of aromatic nitrogens is 2. The highest BCUT2D eigenvalue weighted by molar-refractivity contribution is 5.77. The Morgan fingerprint density at radius 3 is 2.83 bits per heavy atom. The minimum absolute atomic E-state index is 0.214. The predicted molar refractivity (Wildman–Crippen MR) is 69.3 cm³/mol. The first kappa shape index (κ1) is 12.6. The summed E-state index contributed by atoms with van der Waals surface area (Å²) in [5.74, 6) is -1.30. The van der Waals surface area contributed by atoms with Crippen LogP contribution in [0.15, 0.2) is 24.5 Å². The molecule has 0 bridgehead atoms. The average molecular weight is 247 g/mol. The number of aryl methyl sites for hydroxylation is 1. The summed E-state index contributed by atoms with van der Waals surface area (Å²) in [6.07, 6.45) is 1.75. The van der Waals surface area contributed by atoms with Crippen LogP contribution in [-0.2, 0) is 11.8 Å². The molecule has 2 aromatic rings. The maximum absolute atomic E-state index is 11.1. The number of hydrogen-bond donors (Lipinski definition) is 2. The van der Waals surface area contributed by atoms with Gasteiger partial charge in [0.2, 0.25) is 0 Å². The number of aliphatic carboxylic acids is 1. The van der Waals surface area contributed by atoms with Gasteiger partial charge in [-0.25, -0.2) is 4.98 Å². The fourth-order valence-electron chi connectivity index (χ4n) is 2.19. The van der Waals surface area contributed by atoms with Crippen molar-refractivity contribution in [2.24, 2.45) is 13.0 Å². The fraction of sp³-hybridized carbons (Fsp3) is 0.385. The molecule has 1 aromatic heterocycles. The van der Waals surface area contributed by atoms with Gasteiger partial charge in [0.25, 0.3) is 0 Å². The molecular formula is C13H17N3O2. The van der Waals surface area contributed by atoms with E-state index in [1.54, 1.807) is 20.3 Å². The summed E-state index contributed by atoms with van der Waals surface area (Å²) in [5, 5.41) is 12.2. The molecule has 0 radical (unpaired) electrons. The molecule has 0 spiro atoms. The number of carboxylic acid groups (broad SMARTS) is 1. The summed E-state index contributed by atoms with van der Waals surface area (Å²) in [6.45, 7) is 1.70. The fourth-order valence-corrected chi connectivity index (χ4v) is 2.19. The van der Waals surface area contributed by atoms with Crippen LogP contribution in [0, 0.1) is 5.92 Å². The topological polar surface area (TPSA) is 67.2 Å². The number of imidazole rings is 1. The van der Waals surface area contributed by atoms with E-state index in [0.717, 1.165) is 16.6 Å². The van der Waals surface area contributed by atoms with Crippen molar-refractivity contribution in [1.82, 2.24) is 14.9 Å². The molecule has 2 rings (SSSR count). The lowest BCUT2D eigenvalue weighted by Gasteiger charge is -2.20. The zero-order valence-corrected chi connectivity index (χ0v) is 10.7. The summed E-state index contributed by atoms with van der Waals surface area (Å²) < 4.78 is 1.94. The maximum atomic E-state index is 11.1. The Kier molecular flexibility index (Phi) is 3.34. The van der Waals surface area contributed by atoms with Gasteiger partial charge in [-0.15, -0.1) is 0 Å². The third kappa shape index (κ3) is 2.09. The molecule has 0 fully saturated rings. The summed E-state index contributed by atoms with van der Waals surface area (Å²) >= 11 is 0. The number of carboxylic acids is 1. The molecule has 0 aliphatic carbocycles. The van der Waals surface area contributed by atoms with Crippen molar-refractivity contribution in [1.29, 1.82) is 0 Å². The van der Waals surface area contributed by atoms with Crippen LogP contribution in [-0.4, -0.2) is 27.7 Å². The quantitative estimate of drug-likeness (QED) is 0.860. The van der Waals surface area contributed by atoms with Crippen LogP contribution >= 0.6 is 0 Å². The highest BCUT2D eigenvalue weighted by atomic mass is 16.4. The van der Waals surface area contributed by atoms with Crippen molar-refractivity contribution in [3.05, 3.63) is 30.1 Å². The van der Waals surface area contributed by atoms with Crippen LogP contribution in [0.25, 0.3) is 11.0 Å². The Bertz CT molecular complexity index is 577. The third-order valence-corrected chi connectivity index (χ3v) is 3.31. The second-order valence-corrected chi connectivity index (χ2v) is 4.50. The van der Waals surface area contributed by atoms with Crippen molar-refractivity contribution in [3.8, 4) is 0 Å². The predicted octanol–water partition coefficient (Wildman–Crippen LogP) is 1.55. The molecule has 5 heteroatoms. The van der Waals surface area contributed by atoms with Gasteiger partial charge in [0.1, 0.15) is 0 Å². The van der Waals surface area contributed by atoms with Gasteiger partial charge in [-0.05, 0) is 24.7 Å². The molecule has 0 aliphatic heterocycles. The lowest BCUT2D eigenvalue weighted by atomic mass is 9.94. The molecule has 96 valence electrons. The van der Waals surface area contributed by atoms with Gasteiger partial charge in [-0.1, -0.05) is 13.0 Å². The molecule has 0 aliphatic rings. The average Bonchev–Trinajstić information content (AvgIpc) is 2.71. The van der Waals surface area contributed by atoms with E-state index in [9.17, 15) is 4.79 Å². The van der Waals surface area contributed by atoms with Gasteiger partial charge in [0, 0.05) is 13.1 Å². The Balaban J connectivity index is 2.42. The monoisotopic (exact) mass is 247 g/mol. The van der Waals surface area contributed by atoms with Crippen LogP contribution < -0.4 is 5.32 Å². The third-order valence-electron chi connectivity index (χ3n) is 3.31. The Labute approximate surface area is 105 Å². The zero-order chi connectivity index (χ0) is 13.3. The van der Waals surface area contributed by atoms with E-state index in [4.69, 9.17) is 5.11 Å². The van der Waals surface area contributed by atoms with E-state index >= 15 is 0 Å². The van der Waals surface area contributed by atoms with E-state index in [1.165, 1.54) is 0 Å². The second-order valence-electron chi connectivity index (χ2n) is 4.50. The van der Waals surface area contributed by atoms with Crippen molar-refractivity contribution < 1.29 is 9.90 Å². The second kappa shape index (κ2) is 4.78. The first-order valence-electron chi connectivity index (χ1n) is 5.85. The van der Waals surface area contributed by atoms with Gasteiger partial charge >= 0.3 is 5.97 Å². The zero-order valence-electron chi connectivity index (χ0n) is 10.7. The normalized spacial score (nSPS) is 14.6. The van der Waals surface area contributed by atoms with Gasteiger partial charge < -0.3 is 15.0 Å². The standard InChI is InChI=1S/C13H17N3O2/c1-8(13(17)18)12(14-2)9-4-5-11-10(6-9)15-7-16(11)3/h4-8,12,14H,1-3H3,(H,17,18). The summed E-state index contributed by atoms with van der Waals surface area (Å²) in [7, 11) is 3.71. The molecule has 0 saturated carbocycles. The molecule has 2 N–H and O–H groups in total. The van der Waals surface area contributed by atoms with Crippen LogP contribution in [0.3, 0.4) is 0 Å². The molecule has 2 unspecified atom stereocenters. The van der Waals surface area contributed by atoms with Crippen molar-refractivity contribution in [3.63, 3.8) is 0 Å². The number of benzene rings is 1. The highest BCUT2D eigenvalue weighted by Crippen LogP contribution is 2.24. The number of rotatable bonds is 4. The van der Waals surface area contributed by atoms with Crippen molar-refractivity contribution in [2.45, 2.75) is 13.0 Å². The first-order chi connectivity index (χ1) is 8.54. The van der Waals surface area contributed by atoms with E-state index in [0.29, 0.717) is 0 Å². The smallest absolute Gasteiger partial charge is 0.308 e. The van der Waals surface area contributed by atoms with E-state index in [1.807, 2.05) is 29.8 Å². The lowest BCUT2D eigenvalue weighted by Crippen LogP contribution is -2.28. The Morgan fingerprint density at radius 2 is 2.22 bits per heavy atom. The number of fused-ring (bicyclic) bond motifs is 1. The van der Waals surface area contributed by atoms with Crippen molar-refractivity contribution >= 4 is 17.0 Å². The Morgan fingerprint density at radius 1 is 1.50 bits per heavy atom. The van der Waals surface area contributed by atoms with E-state index < -0.39 is 11.9 Å². The SMILES string of the molecule is CNC(c1ccc2c(c1)ncn2C)C(C)C(=O)O. The van der Waals surface area contributed by atoms with Crippen molar-refractivity contribution in [2.75, 3.05) is 7.05 Å². The number of nitrogens with zero attached hydrogens (tertiary/aromatic N) is 2. The van der Waals surface area contributed by atoms with Crippen LogP contribution in [0.2, 0.25) is 0 Å². The minimum Gasteiger partial charge on any atom is -0.481 e. The summed E-state index contributed by atoms with van der Waals surface area (Å²) in [4.78, 5) is 15.4. The van der Waals surface area contributed by atoms with E-state index in [-0.39, 0.29) is 6.04 Å². The first-order valence-corrected chi connectivity index (χ1v) is 5.85. The lowest BCUT2D eigenvalue weighted by molar-refractivity contribution is -0.142. The minimum atomic E-state index is -0.810. The number of nitrogens with one attached hydrogen (secondary N) is 1. The highest BCUT2D eigenvalue weighted by Gasteiger charge is 2.24. The van der Waals surface area contributed by atoms with Crippen LogP contribution in [0.5, 0.6) is 0 Å². The number of hydrogen-bond acceptors (Lipinski definition) is 3. The van der Waals surface area contributed by atoms with Crippen LogP contribution in [0.4, 0.5) is 0 Å². The summed E-state index contributed by atoms with van der Waals surface area (Å²) in [6, 6.07) is 5.64. The largest absolute Gasteiger partial charge is 0.481 e. The van der Waals surface area contributed by atoms with Gasteiger partial charge in [0.05, 0.1) is 23.3 Å².